The van der Waals surface area contributed by atoms with Crippen LogP contribution in [-0.4, -0.2) is 21.2 Å². The number of aromatic nitrogens is 1. The molecule has 0 saturated carbocycles. The molecule has 0 amide bonds. The maximum absolute atomic E-state index is 11.2. The average Bonchev–Trinajstić information content (AvgIpc) is 2.54. The molecule has 0 aliphatic rings. The maximum atomic E-state index is 11.2. The second-order valence-electron chi connectivity index (χ2n) is 4.44. The summed E-state index contributed by atoms with van der Waals surface area (Å²) >= 11 is 4.61. The lowest BCUT2D eigenvalue weighted by atomic mass is 10.2. The maximum Gasteiger partial charge on any atom is 0.292 e. The highest BCUT2D eigenvalue weighted by Crippen LogP contribution is 2.25. The van der Waals surface area contributed by atoms with Crippen molar-refractivity contribution in [2.75, 3.05) is 5.32 Å². The zero-order valence-corrected chi connectivity index (χ0v) is 12.8. The lowest BCUT2D eigenvalue weighted by molar-refractivity contribution is -0.384. The largest absolute Gasteiger partial charge is 0.375 e. The van der Waals surface area contributed by atoms with E-state index in [1.165, 1.54) is 12.3 Å². The molecule has 1 aromatic carbocycles. The van der Waals surface area contributed by atoms with Crippen LogP contribution in [0.1, 0.15) is 11.3 Å². The lowest BCUT2D eigenvalue weighted by Crippen LogP contribution is -2.23. The van der Waals surface area contributed by atoms with E-state index in [4.69, 9.17) is 5.73 Å². The van der Waals surface area contributed by atoms with E-state index in [0.29, 0.717) is 17.8 Å². The summed E-state index contributed by atoms with van der Waals surface area (Å²) in [7, 11) is 0. The number of benzene rings is 1. The van der Waals surface area contributed by atoms with Gasteiger partial charge in [-0.05, 0) is 30.4 Å². The Balaban J connectivity index is 2.14. The fourth-order valence-electron chi connectivity index (χ4n) is 1.79. The zero-order valence-electron chi connectivity index (χ0n) is 12.0. The fourth-order valence-corrected chi connectivity index (χ4v) is 1.84. The van der Waals surface area contributed by atoms with Gasteiger partial charge in [-0.15, -0.1) is 0 Å². The van der Waals surface area contributed by atoms with Gasteiger partial charge in [-0.25, -0.2) is 0 Å². The van der Waals surface area contributed by atoms with Crippen LogP contribution in [-0.2, 0) is 6.54 Å². The molecule has 4 N–H and O–H groups in total. The molecular formula is C14H14N6O2S. The van der Waals surface area contributed by atoms with Crippen molar-refractivity contribution in [1.29, 1.82) is 0 Å². The number of nitrogens with zero attached hydrogens (tertiary/aromatic N) is 3. The third kappa shape index (κ3) is 5.00. The van der Waals surface area contributed by atoms with Crippen molar-refractivity contribution < 1.29 is 4.92 Å². The summed E-state index contributed by atoms with van der Waals surface area (Å²) in [5, 5.41) is 18.0. The Hall–Kier alpha value is -3.07. The topological polar surface area (TPSA) is 118 Å². The summed E-state index contributed by atoms with van der Waals surface area (Å²) in [5.41, 5.74) is 9.30. The molecule has 0 radical (unpaired) electrons. The summed E-state index contributed by atoms with van der Waals surface area (Å²) in [4.78, 5) is 14.9. The van der Waals surface area contributed by atoms with Crippen molar-refractivity contribution >= 4 is 34.9 Å². The Kier molecular flexibility index (Phi) is 5.53. The smallest absolute Gasteiger partial charge is 0.292 e. The van der Waals surface area contributed by atoms with Crippen molar-refractivity contribution in [2.24, 2.45) is 10.8 Å². The Morgan fingerprint density at radius 1 is 1.43 bits per heavy atom. The second kappa shape index (κ2) is 7.80. The number of nitro groups is 1. The van der Waals surface area contributed by atoms with Gasteiger partial charge >= 0.3 is 0 Å². The molecule has 0 aliphatic carbocycles. The van der Waals surface area contributed by atoms with E-state index in [9.17, 15) is 10.1 Å². The number of hydrogen-bond acceptors (Lipinski definition) is 6. The van der Waals surface area contributed by atoms with Crippen LogP contribution in [0.5, 0.6) is 0 Å². The van der Waals surface area contributed by atoms with Gasteiger partial charge in [0.25, 0.3) is 5.69 Å². The lowest BCUT2D eigenvalue weighted by Gasteiger charge is -2.07. The first-order valence-corrected chi connectivity index (χ1v) is 6.98. The molecule has 0 spiro atoms. The number of nitro benzene ring substituents is 1. The van der Waals surface area contributed by atoms with Crippen LogP contribution in [0.25, 0.3) is 0 Å². The van der Waals surface area contributed by atoms with E-state index in [-0.39, 0.29) is 10.8 Å². The Labute approximate surface area is 137 Å². The van der Waals surface area contributed by atoms with E-state index in [0.717, 1.165) is 5.69 Å². The standard InChI is InChI=1S/C14H14N6O2S/c15-14(23)19-18-8-10-4-5-12(13(7-10)20(21)22)17-9-11-3-1-2-6-16-11/h1-8,17H,9H2,(H3,15,19,23). The molecule has 1 aromatic heterocycles. The Morgan fingerprint density at radius 2 is 2.26 bits per heavy atom. The SMILES string of the molecule is NC(=S)NN=Cc1ccc(NCc2ccccn2)c([N+](=O)[O-])c1. The van der Waals surface area contributed by atoms with Crippen LogP contribution >= 0.6 is 12.2 Å². The summed E-state index contributed by atoms with van der Waals surface area (Å²) in [6.07, 6.45) is 3.06. The molecule has 2 aromatic rings. The second-order valence-corrected chi connectivity index (χ2v) is 4.88. The van der Waals surface area contributed by atoms with Gasteiger partial charge in [0, 0.05) is 17.8 Å². The van der Waals surface area contributed by atoms with E-state index in [2.05, 4.69) is 33.0 Å². The molecule has 23 heavy (non-hydrogen) atoms. The first-order chi connectivity index (χ1) is 11.1. The van der Waals surface area contributed by atoms with E-state index in [1.54, 1.807) is 24.4 Å². The highest BCUT2D eigenvalue weighted by atomic mass is 32.1. The van der Waals surface area contributed by atoms with Crippen molar-refractivity contribution in [3.05, 3.63) is 64.0 Å². The molecule has 8 nitrogen and oxygen atoms in total. The number of hydrogen-bond donors (Lipinski definition) is 3. The third-order valence-electron chi connectivity index (χ3n) is 2.79. The highest BCUT2D eigenvalue weighted by Gasteiger charge is 2.14. The minimum Gasteiger partial charge on any atom is -0.375 e. The van der Waals surface area contributed by atoms with Gasteiger partial charge in [0.1, 0.15) is 5.69 Å². The molecule has 1 heterocycles. The van der Waals surface area contributed by atoms with Crippen LogP contribution in [0.4, 0.5) is 11.4 Å². The fraction of sp³-hybridized carbons (Fsp3) is 0.0714. The first kappa shape index (κ1) is 16.3. The highest BCUT2D eigenvalue weighted by molar-refractivity contribution is 7.80. The van der Waals surface area contributed by atoms with Gasteiger partial charge in [-0.1, -0.05) is 12.1 Å². The van der Waals surface area contributed by atoms with Crippen molar-refractivity contribution in [1.82, 2.24) is 10.4 Å². The number of pyridine rings is 1. The minimum atomic E-state index is -0.459. The van der Waals surface area contributed by atoms with Gasteiger partial charge in [0.2, 0.25) is 0 Å². The normalized spacial score (nSPS) is 10.4. The molecule has 0 aliphatic heterocycles. The van der Waals surface area contributed by atoms with Crippen LogP contribution in [0.3, 0.4) is 0 Å². The van der Waals surface area contributed by atoms with Crippen molar-refractivity contribution in [3.63, 3.8) is 0 Å². The number of thiocarbonyl (C=S) groups is 1. The van der Waals surface area contributed by atoms with Gasteiger partial charge < -0.3 is 11.1 Å². The molecule has 0 unspecified atom stereocenters. The van der Waals surface area contributed by atoms with Crippen molar-refractivity contribution in [3.8, 4) is 0 Å². The number of nitrogens with two attached hydrogens (primary N) is 1. The van der Waals surface area contributed by atoms with E-state index < -0.39 is 4.92 Å². The molecule has 0 saturated heterocycles. The monoisotopic (exact) mass is 330 g/mol. The summed E-state index contributed by atoms with van der Waals surface area (Å²) in [6.45, 7) is 0.387. The van der Waals surface area contributed by atoms with Crippen LogP contribution in [0.2, 0.25) is 0 Å². The summed E-state index contributed by atoms with van der Waals surface area (Å²) < 4.78 is 0. The zero-order chi connectivity index (χ0) is 16.7. The molecule has 0 fully saturated rings. The quantitative estimate of drug-likeness (QED) is 0.320. The van der Waals surface area contributed by atoms with E-state index in [1.807, 2.05) is 12.1 Å². The molecular weight excluding hydrogens is 316 g/mol. The third-order valence-corrected chi connectivity index (χ3v) is 2.88. The number of rotatable bonds is 6. The predicted octanol–water partition coefficient (Wildman–Crippen LogP) is 1.77. The Morgan fingerprint density at radius 3 is 2.91 bits per heavy atom. The minimum absolute atomic E-state index is 0.0180. The van der Waals surface area contributed by atoms with Gasteiger partial charge in [-0.2, -0.15) is 5.10 Å². The molecule has 0 bridgehead atoms. The Bertz CT molecular complexity index is 735. The number of anilines is 1. The molecule has 0 atom stereocenters. The first-order valence-electron chi connectivity index (χ1n) is 6.57. The van der Waals surface area contributed by atoms with Crippen molar-refractivity contribution in [2.45, 2.75) is 6.54 Å². The van der Waals surface area contributed by atoms with Crippen LogP contribution < -0.4 is 16.5 Å². The average molecular weight is 330 g/mol. The molecule has 2 rings (SSSR count). The summed E-state index contributed by atoms with van der Waals surface area (Å²) in [6, 6.07) is 10.2. The van der Waals surface area contributed by atoms with E-state index >= 15 is 0 Å². The van der Waals surface area contributed by atoms with Gasteiger partial charge in [-0.3, -0.25) is 20.5 Å². The van der Waals surface area contributed by atoms with Gasteiger partial charge in [0.15, 0.2) is 5.11 Å². The van der Waals surface area contributed by atoms with Gasteiger partial charge in [0.05, 0.1) is 23.4 Å². The number of hydrazone groups is 1. The van der Waals surface area contributed by atoms with Crippen LogP contribution in [0, 0.1) is 10.1 Å². The summed E-state index contributed by atoms with van der Waals surface area (Å²) in [5.74, 6) is 0. The number of nitrogens with one attached hydrogen (secondary N) is 2. The predicted molar refractivity (Wildman–Crippen MR) is 92.2 cm³/mol. The molecule has 9 heteroatoms. The van der Waals surface area contributed by atoms with Crippen LogP contribution in [0.15, 0.2) is 47.7 Å². The molecule has 118 valence electrons.